The highest BCUT2D eigenvalue weighted by atomic mass is 32.1. The molecule has 3 aliphatic rings. The van der Waals surface area contributed by atoms with Crippen LogP contribution in [0.3, 0.4) is 0 Å². The molecular weight excluding hydrogens is 586 g/mol. The van der Waals surface area contributed by atoms with Crippen LogP contribution in [0.1, 0.15) is 67.1 Å². The van der Waals surface area contributed by atoms with Crippen LogP contribution in [-0.4, -0.2) is 80.7 Å². The summed E-state index contributed by atoms with van der Waals surface area (Å²) < 4.78 is 7.76. The molecule has 1 aliphatic heterocycles. The molecule has 2 aliphatic carbocycles. The number of carbonyl (C=O) groups is 2. The number of nitrogens with one attached hydrogen (secondary N) is 1. The number of ether oxygens (including phenoxy) is 1. The van der Waals surface area contributed by atoms with Crippen molar-refractivity contribution in [2.24, 2.45) is 0 Å². The van der Waals surface area contributed by atoms with E-state index in [-0.39, 0.29) is 17.9 Å². The third-order valence-electron chi connectivity index (χ3n) is 9.59. The molecule has 234 valence electrons. The van der Waals surface area contributed by atoms with Gasteiger partial charge in [-0.25, -0.2) is 9.67 Å². The van der Waals surface area contributed by atoms with Crippen LogP contribution in [0.2, 0.25) is 0 Å². The van der Waals surface area contributed by atoms with Crippen molar-refractivity contribution in [3.05, 3.63) is 59.5 Å². The molecule has 45 heavy (non-hydrogen) atoms. The van der Waals surface area contributed by atoms with E-state index in [1.807, 2.05) is 53.2 Å². The molecule has 1 aromatic carbocycles. The van der Waals surface area contributed by atoms with Crippen LogP contribution in [0.5, 0.6) is 5.75 Å². The molecule has 0 atom stereocenters. The number of anilines is 1. The molecule has 2 fully saturated rings. The van der Waals surface area contributed by atoms with E-state index in [4.69, 9.17) is 14.8 Å². The van der Waals surface area contributed by atoms with Gasteiger partial charge in [0.15, 0.2) is 5.13 Å². The lowest BCUT2D eigenvalue weighted by molar-refractivity contribution is -0.114. The van der Waals surface area contributed by atoms with Crippen molar-refractivity contribution in [3.63, 3.8) is 0 Å². The van der Waals surface area contributed by atoms with E-state index < -0.39 is 0 Å². The Morgan fingerprint density at radius 1 is 1.09 bits per heavy atom. The third-order valence-corrected chi connectivity index (χ3v) is 10.6. The summed E-state index contributed by atoms with van der Waals surface area (Å²) >= 11 is 1.45. The number of aromatic nitrogens is 4. The third kappa shape index (κ3) is 5.63. The van der Waals surface area contributed by atoms with E-state index in [0.29, 0.717) is 16.4 Å². The second kappa shape index (κ2) is 12.4. The lowest BCUT2D eigenvalue weighted by Gasteiger charge is -2.39. The average Bonchev–Trinajstić information content (AvgIpc) is 3.83. The number of amides is 2. The SMILES string of the molecule is COc1cc(-n2nc(-c3cccnc3)c3c2-c2sc(NC(C)=O)nc2CC3)ccc1C(=O)N(C)C1CCN(C2CCCC2)CC1. The highest BCUT2D eigenvalue weighted by Crippen LogP contribution is 2.44. The lowest BCUT2D eigenvalue weighted by atomic mass is 9.95. The summed E-state index contributed by atoms with van der Waals surface area (Å²) in [6, 6.07) is 10.6. The van der Waals surface area contributed by atoms with Crippen molar-refractivity contribution < 1.29 is 14.3 Å². The number of methoxy groups -OCH3 is 1. The molecule has 4 heterocycles. The van der Waals surface area contributed by atoms with Crippen LogP contribution in [0.4, 0.5) is 5.13 Å². The Bertz CT molecular complexity index is 1720. The molecular formula is C34H39N7O3S. The van der Waals surface area contributed by atoms with Crippen molar-refractivity contribution >= 4 is 28.3 Å². The van der Waals surface area contributed by atoms with E-state index in [1.54, 1.807) is 13.3 Å². The van der Waals surface area contributed by atoms with Gasteiger partial charge in [-0.1, -0.05) is 24.2 Å². The zero-order chi connectivity index (χ0) is 31.1. The number of carbonyl (C=O) groups excluding carboxylic acids is 2. The molecule has 0 radical (unpaired) electrons. The maximum Gasteiger partial charge on any atom is 0.257 e. The number of benzene rings is 1. The largest absolute Gasteiger partial charge is 0.496 e. The Balaban J connectivity index is 1.21. The number of piperidine rings is 1. The molecule has 10 nitrogen and oxygen atoms in total. The number of aryl methyl sites for hydroxylation is 1. The molecule has 0 unspecified atom stereocenters. The maximum absolute atomic E-state index is 13.8. The van der Waals surface area contributed by atoms with Crippen molar-refractivity contribution in [1.82, 2.24) is 29.5 Å². The van der Waals surface area contributed by atoms with Gasteiger partial charge in [0.25, 0.3) is 5.91 Å². The summed E-state index contributed by atoms with van der Waals surface area (Å²) in [6.45, 7) is 3.59. The predicted octanol–water partition coefficient (Wildman–Crippen LogP) is 5.60. The molecule has 1 saturated carbocycles. The second-order valence-electron chi connectivity index (χ2n) is 12.3. The van der Waals surface area contributed by atoms with Gasteiger partial charge in [-0.2, -0.15) is 5.10 Å². The minimum absolute atomic E-state index is 0.0269. The van der Waals surface area contributed by atoms with E-state index in [2.05, 4.69) is 15.2 Å². The van der Waals surface area contributed by atoms with Gasteiger partial charge in [-0.05, 0) is 62.8 Å². The summed E-state index contributed by atoms with van der Waals surface area (Å²) in [7, 11) is 3.53. The fraction of sp³-hybridized carbons (Fsp3) is 0.441. The van der Waals surface area contributed by atoms with Gasteiger partial charge in [-0.15, -0.1) is 0 Å². The highest BCUT2D eigenvalue weighted by molar-refractivity contribution is 7.19. The van der Waals surface area contributed by atoms with Crippen LogP contribution in [-0.2, 0) is 17.6 Å². The van der Waals surface area contributed by atoms with Crippen LogP contribution < -0.4 is 10.1 Å². The summed E-state index contributed by atoms with van der Waals surface area (Å²) in [6.07, 6.45) is 12.4. The van der Waals surface area contributed by atoms with Gasteiger partial charge >= 0.3 is 0 Å². The normalized spacial score (nSPS) is 17.1. The Kier molecular flexibility index (Phi) is 8.14. The minimum atomic E-state index is -0.153. The first-order chi connectivity index (χ1) is 21.9. The van der Waals surface area contributed by atoms with Crippen molar-refractivity contribution in [2.45, 2.75) is 70.4 Å². The van der Waals surface area contributed by atoms with Crippen LogP contribution in [0.25, 0.3) is 27.5 Å². The number of hydrogen-bond acceptors (Lipinski definition) is 8. The van der Waals surface area contributed by atoms with Crippen LogP contribution in [0, 0.1) is 0 Å². The lowest BCUT2D eigenvalue weighted by Crippen LogP contribution is -2.48. The van der Waals surface area contributed by atoms with Gasteiger partial charge in [0.05, 0.1) is 40.3 Å². The molecule has 2 amide bonds. The number of fused-ring (bicyclic) bond motifs is 3. The molecule has 1 saturated heterocycles. The molecule has 4 aromatic rings. The molecule has 3 aromatic heterocycles. The summed E-state index contributed by atoms with van der Waals surface area (Å²) in [4.78, 5) is 40.2. The predicted molar refractivity (Wildman–Crippen MR) is 175 cm³/mol. The summed E-state index contributed by atoms with van der Waals surface area (Å²) in [5, 5.41) is 8.53. The van der Waals surface area contributed by atoms with Gasteiger partial charge in [-0.3, -0.25) is 14.6 Å². The topological polar surface area (TPSA) is 105 Å². The quantitative estimate of drug-likeness (QED) is 0.285. The Hall–Kier alpha value is -4.09. The standard InChI is InChI=1S/C34H39N7O3S/c1-21(42)36-34-37-28-13-12-27-30(22-7-6-16-35-20-22)38-41(31(27)32(28)45-34)25-10-11-26(29(19-25)44-3)33(43)39(2)23-14-17-40(18-15-23)24-8-4-5-9-24/h6-7,10-11,16,19-20,23-24H,4-5,8-9,12-15,17-18H2,1-3H3,(H,36,37,42). The number of thiazole rings is 1. The summed E-state index contributed by atoms with van der Waals surface area (Å²) in [5.41, 5.74) is 6.11. The number of hydrogen-bond donors (Lipinski definition) is 1. The molecule has 7 rings (SSSR count). The van der Waals surface area contributed by atoms with Gasteiger partial charge < -0.3 is 19.9 Å². The number of nitrogens with zero attached hydrogens (tertiary/aromatic N) is 6. The fourth-order valence-electron chi connectivity index (χ4n) is 7.25. The molecule has 0 bridgehead atoms. The minimum Gasteiger partial charge on any atom is -0.496 e. The Morgan fingerprint density at radius 2 is 1.89 bits per heavy atom. The smallest absolute Gasteiger partial charge is 0.257 e. The van der Waals surface area contributed by atoms with Gasteiger partial charge in [0.1, 0.15) is 5.75 Å². The van der Waals surface area contributed by atoms with Gasteiger partial charge in [0.2, 0.25) is 5.91 Å². The highest BCUT2D eigenvalue weighted by Gasteiger charge is 2.33. The zero-order valence-corrected chi connectivity index (χ0v) is 26.9. The van der Waals surface area contributed by atoms with Gasteiger partial charge in [0, 0.05) is 68.7 Å². The fourth-order valence-corrected chi connectivity index (χ4v) is 8.36. The van der Waals surface area contributed by atoms with Crippen molar-refractivity contribution in [2.75, 3.05) is 32.6 Å². The number of pyridine rings is 1. The number of rotatable bonds is 7. The maximum atomic E-state index is 13.8. The number of likely N-dealkylation sites (tertiary alicyclic amines) is 1. The van der Waals surface area contributed by atoms with Crippen molar-refractivity contribution in [1.29, 1.82) is 0 Å². The van der Waals surface area contributed by atoms with E-state index >= 15 is 0 Å². The van der Waals surface area contributed by atoms with E-state index in [9.17, 15) is 9.59 Å². The van der Waals surface area contributed by atoms with E-state index in [0.717, 1.165) is 83.6 Å². The zero-order valence-electron chi connectivity index (χ0n) is 26.1. The first-order valence-electron chi connectivity index (χ1n) is 15.9. The second-order valence-corrected chi connectivity index (χ2v) is 13.3. The Morgan fingerprint density at radius 3 is 2.60 bits per heavy atom. The van der Waals surface area contributed by atoms with E-state index in [1.165, 1.54) is 43.9 Å². The van der Waals surface area contributed by atoms with Crippen LogP contribution in [0.15, 0.2) is 42.7 Å². The summed E-state index contributed by atoms with van der Waals surface area (Å²) in [5.74, 6) is 0.334. The Labute approximate surface area is 267 Å². The molecule has 1 N–H and O–H groups in total. The van der Waals surface area contributed by atoms with Crippen LogP contribution >= 0.6 is 11.3 Å². The first-order valence-corrected chi connectivity index (χ1v) is 16.7. The average molecular weight is 626 g/mol. The molecule has 0 spiro atoms. The first kappa shape index (κ1) is 29.6. The van der Waals surface area contributed by atoms with Crippen molar-refractivity contribution in [3.8, 4) is 33.3 Å². The molecule has 11 heteroatoms. The monoisotopic (exact) mass is 625 g/mol.